The van der Waals surface area contributed by atoms with Crippen molar-refractivity contribution in [3.8, 4) is 33.6 Å². The fraction of sp³-hybridized carbons (Fsp3) is 0.0545. The second-order valence-electron chi connectivity index (χ2n) is 16.9. The Hall–Kier alpha value is -7.34. The van der Waals surface area contributed by atoms with E-state index in [1.807, 2.05) is 0 Å². The average Bonchev–Trinajstić information content (AvgIpc) is 3.60. The van der Waals surface area contributed by atoms with Crippen LogP contribution in [0.15, 0.2) is 206 Å². The van der Waals surface area contributed by atoms with Gasteiger partial charge in [0.05, 0.1) is 0 Å². The maximum absolute atomic E-state index is 5.44. The van der Waals surface area contributed by atoms with Gasteiger partial charge in [-0.25, -0.2) is 0 Å². The number of hydrogen-bond donors (Lipinski definition) is 0. The number of anilines is 6. The first-order valence-corrected chi connectivity index (χ1v) is 24.5. The first-order valence-electron chi connectivity index (χ1n) is 21.0. The minimum absolute atomic E-state index is 0.541. The first-order chi connectivity index (χ1) is 29.5. The molecule has 60 heavy (non-hydrogen) atoms. The molecule has 3 aliphatic rings. The molecule has 286 valence electrons. The van der Waals surface area contributed by atoms with Crippen LogP contribution in [0.1, 0.15) is 22.3 Å². The molecule has 0 bridgehead atoms. The van der Waals surface area contributed by atoms with Crippen LogP contribution in [-0.2, 0) is 5.41 Å². The van der Waals surface area contributed by atoms with E-state index in [1.54, 1.807) is 0 Å². The second kappa shape index (κ2) is 13.1. The van der Waals surface area contributed by atoms with E-state index in [1.165, 1.54) is 60.8 Å². The standard InChI is InChI=1S/C55H41N4Si/c1-60(2)51-33-19-18-32-49(51)59(54-56-45(37-20-6-3-7-21-37)36-46(57-54)38-22-8-4-9-23-38)50-35-34-44-52(53(50)60)40-26-12-13-27-41(40)55(44)42-28-14-16-30-47(42)58(39-24-10-5-11-25-39)48-31-17-15-29-43(48)55/h3-36,60H,1-2H3/q-1. The molecule has 0 saturated carbocycles. The van der Waals surface area contributed by atoms with Gasteiger partial charge in [-0.15, -0.1) is 0 Å². The van der Waals surface area contributed by atoms with Crippen molar-refractivity contribution in [2.24, 2.45) is 0 Å². The molecule has 0 saturated heterocycles. The number of aromatic nitrogens is 2. The van der Waals surface area contributed by atoms with Crippen molar-refractivity contribution < 1.29 is 0 Å². The van der Waals surface area contributed by atoms with Gasteiger partial charge in [-0.05, 0) is 0 Å². The molecule has 0 radical (unpaired) electrons. The van der Waals surface area contributed by atoms with E-state index < -0.39 is 13.5 Å². The normalized spacial score (nSPS) is 15.2. The fourth-order valence-corrected chi connectivity index (χ4v) is 14.7. The van der Waals surface area contributed by atoms with E-state index >= 15 is 0 Å². The molecule has 0 amide bonds. The molecule has 0 atom stereocenters. The molecule has 4 nitrogen and oxygen atoms in total. The summed E-state index contributed by atoms with van der Waals surface area (Å²) in [5.41, 5.74) is 17.2. The van der Waals surface area contributed by atoms with Gasteiger partial charge in [0.2, 0.25) is 0 Å². The van der Waals surface area contributed by atoms with Crippen LogP contribution in [0.3, 0.4) is 0 Å². The first kappa shape index (κ1) is 34.7. The topological polar surface area (TPSA) is 32.3 Å². The number of fused-ring (bicyclic) bond motifs is 12. The Morgan fingerprint density at radius 2 is 0.917 bits per heavy atom. The number of nitrogens with zero attached hydrogens (tertiary/aromatic N) is 4. The van der Waals surface area contributed by atoms with Gasteiger partial charge >= 0.3 is 353 Å². The molecule has 0 fully saturated rings. The van der Waals surface area contributed by atoms with Crippen molar-refractivity contribution in [2.45, 2.75) is 18.5 Å². The Morgan fingerprint density at radius 3 is 1.53 bits per heavy atom. The summed E-state index contributed by atoms with van der Waals surface area (Å²) in [6, 6.07) is 75.1. The molecule has 0 N–H and O–H groups in total. The molecule has 9 aromatic rings. The van der Waals surface area contributed by atoms with Gasteiger partial charge in [0, 0.05) is 0 Å². The molecule has 1 aliphatic carbocycles. The van der Waals surface area contributed by atoms with E-state index in [-0.39, 0.29) is 0 Å². The number of rotatable bonds is 4. The third-order valence-corrected chi connectivity index (χ3v) is 17.4. The Morgan fingerprint density at radius 1 is 0.417 bits per heavy atom. The molecular weight excluding hydrogens is 745 g/mol. The van der Waals surface area contributed by atoms with Crippen molar-refractivity contribution in [3.63, 3.8) is 0 Å². The quantitative estimate of drug-likeness (QED) is 0.166. The summed E-state index contributed by atoms with van der Waals surface area (Å²) in [5.74, 6) is 0.672. The van der Waals surface area contributed by atoms with E-state index in [0.29, 0.717) is 5.95 Å². The molecule has 12 rings (SSSR count). The van der Waals surface area contributed by atoms with Crippen LogP contribution in [0.5, 0.6) is 0 Å². The maximum atomic E-state index is 5.44. The summed E-state index contributed by atoms with van der Waals surface area (Å²) >= 11 is 0. The van der Waals surface area contributed by atoms with Crippen LogP contribution in [0, 0.1) is 0 Å². The summed E-state index contributed by atoms with van der Waals surface area (Å²) in [4.78, 5) is 15.7. The SMILES string of the molecule is C[SiH-]1(C)c2ccccc2N(c2nc(-c3ccccc3)cc(-c3ccccc3)n2)c2ccc3c(c21)-c1ccccc1C31c2ccccc2N(c2ccccc2)c2ccccc21. The van der Waals surface area contributed by atoms with Crippen molar-refractivity contribution in [1.82, 2.24) is 9.97 Å². The van der Waals surface area contributed by atoms with Crippen LogP contribution in [0.25, 0.3) is 33.6 Å². The minimum atomic E-state index is -2.83. The molecular formula is C55H41N4Si-. The summed E-state index contributed by atoms with van der Waals surface area (Å²) in [6.45, 7) is 5.12. The molecule has 8 aromatic carbocycles. The van der Waals surface area contributed by atoms with E-state index in [4.69, 9.17) is 9.97 Å². The Balaban J connectivity index is 1.17. The van der Waals surface area contributed by atoms with Crippen LogP contribution in [0.4, 0.5) is 34.4 Å². The van der Waals surface area contributed by atoms with Crippen molar-refractivity contribution in [3.05, 3.63) is 229 Å². The number of para-hydroxylation sites is 4. The summed E-state index contributed by atoms with van der Waals surface area (Å²) in [7, 11) is -2.83. The average molecular weight is 786 g/mol. The van der Waals surface area contributed by atoms with Gasteiger partial charge in [0.15, 0.2) is 0 Å². The van der Waals surface area contributed by atoms with Crippen LogP contribution < -0.4 is 20.2 Å². The number of hydrogen-bond acceptors (Lipinski definition) is 4. The van der Waals surface area contributed by atoms with Crippen LogP contribution in [0.2, 0.25) is 13.1 Å². The van der Waals surface area contributed by atoms with Crippen LogP contribution >= 0.6 is 0 Å². The van der Waals surface area contributed by atoms with Gasteiger partial charge in [0.1, 0.15) is 0 Å². The summed E-state index contributed by atoms with van der Waals surface area (Å²) in [5, 5.41) is 2.84. The van der Waals surface area contributed by atoms with Gasteiger partial charge in [-0.1, -0.05) is 0 Å². The summed E-state index contributed by atoms with van der Waals surface area (Å²) in [6.07, 6.45) is 0. The molecule has 1 aromatic heterocycles. The number of benzene rings is 8. The van der Waals surface area contributed by atoms with Crippen molar-refractivity contribution in [1.29, 1.82) is 0 Å². The van der Waals surface area contributed by atoms with Gasteiger partial charge in [-0.2, -0.15) is 0 Å². The zero-order valence-corrected chi connectivity index (χ0v) is 34.7. The summed E-state index contributed by atoms with van der Waals surface area (Å²) < 4.78 is 0. The van der Waals surface area contributed by atoms with Crippen LogP contribution in [-0.4, -0.2) is 18.0 Å². The van der Waals surface area contributed by atoms with E-state index in [2.05, 4.69) is 229 Å². The zero-order chi connectivity index (χ0) is 40.0. The Bertz CT molecular complexity index is 3040. The molecule has 1 spiro atoms. The van der Waals surface area contributed by atoms with Gasteiger partial charge in [0.25, 0.3) is 0 Å². The monoisotopic (exact) mass is 785 g/mol. The third-order valence-electron chi connectivity index (χ3n) is 13.3. The molecule has 5 heteroatoms. The van der Waals surface area contributed by atoms with E-state index in [9.17, 15) is 0 Å². The second-order valence-corrected chi connectivity index (χ2v) is 21.8. The predicted molar refractivity (Wildman–Crippen MR) is 251 cm³/mol. The van der Waals surface area contributed by atoms with E-state index in [0.717, 1.165) is 33.9 Å². The molecule has 0 unspecified atom stereocenters. The molecule has 3 heterocycles. The predicted octanol–water partition coefficient (Wildman–Crippen LogP) is 12.3. The van der Waals surface area contributed by atoms with Crippen molar-refractivity contribution >= 4 is 52.8 Å². The van der Waals surface area contributed by atoms with Gasteiger partial charge in [-0.3, -0.25) is 0 Å². The fourth-order valence-electron chi connectivity index (χ4n) is 10.8. The Kier molecular flexibility index (Phi) is 7.56. The molecule has 2 aliphatic heterocycles. The third kappa shape index (κ3) is 4.78. The zero-order valence-electron chi connectivity index (χ0n) is 33.5. The Labute approximate surface area is 351 Å². The van der Waals surface area contributed by atoms with Crippen molar-refractivity contribution in [2.75, 3.05) is 9.80 Å². The van der Waals surface area contributed by atoms with Gasteiger partial charge < -0.3 is 0 Å².